The van der Waals surface area contributed by atoms with Crippen molar-refractivity contribution in [3.05, 3.63) is 59.7 Å². The van der Waals surface area contributed by atoms with Crippen LogP contribution in [0.3, 0.4) is 0 Å². The van der Waals surface area contributed by atoms with E-state index in [4.69, 9.17) is 14.2 Å². The number of rotatable bonds is 5. The molecule has 2 aromatic carbocycles. The van der Waals surface area contributed by atoms with E-state index >= 15 is 0 Å². The van der Waals surface area contributed by atoms with E-state index in [1.807, 2.05) is 36.4 Å². The van der Waals surface area contributed by atoms with Gasteiger partial charge in [0.15, 0.2) is 11.5 Å². The van der Waals surface area contributed by atoms with Crippen LogP contribution in [0.5, 0.6) is 11.5 Å². The fraction of sp³-hybridized carbons (Fsp3) is 0.250. The van der Waals surface area contributed by atoms with Crippen molar-refractivity contribution in [1.82, 2.24) is 0 Å². The SMILES string of the molecule is OC(COCc1ccccc1)c1ccc2c(c1)OCO2. The summed E-state index contributed by atoms with van der Waals surface area (Å²) in [6, 6.07) is 15.3. The fourth-order valence-electron chi connectivity index (χ4n) is 2.08. The van der Waals surface area contributed by atoms with Gasteiger partial charge in [-0.2, -0.15) is 0 Å². The van der Waals surface area contributed by atoms with Crippen molar-refractivity contribution in [3.63, 3.8) is 0 Å². The van der Waals surface area contributed by atoms with Gasteiger partial charge in [0.05, 0.1) is 13.2 Å². The Bertz CT molecular complexity index is 568. The number of hydrogen-bond donors (Lipinski definition) is 1. The highest BCUT2D eigenvalue weighted by Gasteiger charge is 2.16. The molecule has 0 saturated heterocycles. The number of hydrogen-bond acceptors (Lipinski definition) is 4. The molecule has 4 nitrogen and oxygen atoms in total. The Morgan fingerprint density at radius 2 is 1.85 bits per heavy atom. The Kier molecular flexibility index (Phi) is 3.85. The molecule has 0 saturated carbocycles. The molecule has 1 N–H and O–H groups in total. The van der Waals surface area contributed by atoms with E-state index in [0.29, 0.717) is 18.1 Å². The van der Waals surface area contributed by atoms with E-state index in [9.17, 15) is 5.11 Å². The standard InChI is InChI=1S/C16H16O4/c17-14(10-18-9-12-4-2-1-3-5-12)13-6-7-15-16(8-13)20-11-19-15/h1-8,14,17H,9-11H2. The molecule has 1 aliphatic heterocycles. The summed E-state index contributed by atoms with van der Waals surface area (Å²) >= 11 is 0. The van der Waals surface area contributed by atoms with Crippen LogP contribution < -0.4 is 9.47 Å². The van der Waals surface area contributed by atoms with Gasteiger partial charge in [-0.05, 0) is 23.3 Å². The van der Waals surface area contributed by atoms with Crippen LogP contribution in [0, 0.1) is 0 Å². The Hall–Kier alpha value is -2.04. The van der Waals surface area contributed by atoms with Gasteiger partial charge in [0.25, 0.3) is 0 Å². The van der Waals surface area contributed by atoms with Crippen molar-refractivity contribution in [1.29, 1.82) is 0 Å². The lowest BCUT2D eigenvalue weighted by Gasteiger charge is -2.12. The van der Waals surface area contributed by atoms with Gasteiger partial charge in [-0.15, -0.1) is 0 Å². The van der Waals surface area contributed by atoms with Crippen molar-refractivity contribution >= 4 is 0 Å². The van der Waals surface area contributed by atoms with Gasteiger partial charge in [-0.1, -0.05) is 36.4 Å². The molecule has 0 aliphatic carbocycles. The Balaban J connectivity index is 1.55. The zero-order chi connectivity index (χ0) is 13.8. The van der Waals surface area contributed by atoms with Crippen LogP contribution in [0.25, 0.3) is 0 Å². The van der Waals surface area contributed by atoms with Gasteiger partial charge in [-0.3, -0.25) is 0 Å². The zero-order valence-corrected chi connectivity index (χ0v) is 11.0. The maximum atomic E-state index is 10.1. The topological polar surface area (TPSA) is 47.9 Å². The van der Waals surface area contributed by atoms with Gasteiger partial charge in [0.2, 0.25) is 6.79 Å². The van der Waals surface area contributed by atoms with Crippen LogP contribution in [-0.2, 0) is 11.3 Å². The molecule has 2 aromatic rings. The maximum absolute atomic E-state index is 10.1. The summed E-state index contributed by atoms with van der Waals surface area (Å²) < 4.78 is 16.1. The minimum atomic E-state index is -0.673. The number of aliphatic hydroxyl groups excluding tert-OH is 1. The van der Waals surface area contributed by atoms with Crippen LogP contribution in [0.4, 0.5) is 0 Å². The lowest BCUT2D eigenvalue weighted by atomic mass is 10.1. The number of aliphatic hydroxyl groups is 1. The molecule has 1 atom stereocenters. The molecule has 0 amide bonds. The summed E-state index contributed by atoms with van der Waals surface area (Å²) in [7, 11) is 0. The first-order valence-electron chi connectivity index (χ1n) is 6.52. The Morgan fingerprint density at radius 1 is 1.05 bits per heavy atom. The molecular weight excluding hydrogens is 256 g/mol. The van der Waals surface area contributed by atoms with E-state index in [2.05, 4.69) is 0 Å². The summed E-state index contributed by atoms with van der Waals surface area (Å²) in [5.74, 6) is 1.38. The lowest BCUT2D eigenvalue weighted by molar-refractivity contribution is 0.0276. The summed E-state index contributed by atoms with van der Waals surface area (Å²) in [5, 5.41) is 10.1. The molecule has 4 heteroatoms. The first-order valence-corrected chi connectivity index (χ1v) is 6.52. The third-order valence-electron chi connectivity index (χ3n) is 3.17. The first kappa shape index (κ1) is 13.0. The second kappa shape index (κ2) is 5.94. The molecule has 0 aromatic heterocycles. The quantitative estimate of drug-likeness (QED) is 0.909. The monoisotopic (exact) mass is 272 g/mol. The van der Waals surface area contributed by atoms with Crippen molar-refractivity contribution in [2.45, 2.75) is 12.7 Å². The molecule has 1 aliphatic rings. The second-order valence-corrected chi connectivity index (χ2v) is 4.63. The normalized spacial score (nSPS) is 14.2. The molecule has 104 valence electrons. The van der Waals surface area contributed by atoms with Gasteiger partial charge in [0, 0.05) is 0 Å². The molecule has 3 rings (SSSR count). The molecule has 0 bridgehead atoms. The van der Waals surface area contributed by atoms with Crippen LogP contribution in [0.1, 0.15) is 17.2 Å². The molecule has 1 heterocycles. The predicted molar refractivity (Wildman–Crippen MR) is 73.6 cm³/mol. The molecule has 0 spiro atoms. The van der Waals surface area contributed by atoms with E-state index in [1.165, 1.54) is 0 Å². The van der Waals surface area contributed by atoms with E-state index < -0.39 is 6.10 Å². The number of ether oxygens (including phenoxy) is 3. The highest BCUT2D eigenvalue weighted by atomic mass is 16.7. The second-order valence-electron chi connectivity index (χ2n) is 4.63. The predicted octanol–water partition coefficient (Wildman–Crippen LogP) is 2.67. The first-order chi connectivity index (χ1) is 9.83. The van der Waals surface area contributed by atoms with E-state index in [-0.39, 0.29) is 13.4 Å². The van der Waals surface area contributed by atoms with Gasteiger partial charge >= 0.3 is 0 Å². The zero-order valence-electron chi connectivity index (χ0n) is 11.0. The largest absolute Gasteiger partial charge is 0.454 e. The number of benzene rings is 2. The summed E-state index contributed by atoms with van der Waals surface area (Å²) in [6.07, 6.45) is -0.673. The number of fused-ring (bicyclic) bond motifs is 1. The molecule has 1 unspecified atom stereocenters. The summed E-state index contributed by atoms with van der Waals surface area (Å²) in [6.45, 7) is 0.969. The van der Waals surface area contributed by atoms with Crippen molar-refractivity contribution in [3.8, 4) is 11.5 Å². The maximum Gasteiger partial charge on any atom is 0.231 e. The Morgan fingerprint density at radius 3 is 2.70 bits per heavy atom. The van der Waals surface area contributed by atoms with Crippen LogP contribution in [-0.4, -0.2) is 18.5 Å². The highest BCUT2D eigenvalue weighted by Crippen LogP contribution is 2.34. The lowest BCUT2D eigenvalue weighted by Crippen LogP contribution is -2.07. The fourth-order valence-corrected chi connectivity index (χ4v) is 2.08. The molecule has 0 fully saturated rings. The molecule has 20 heavy (non-hydrogen) atoms. The summed E-state index contributed by atoms with van der Waals surface area (Å²) in [4.78, 5) is 0. The average molecular weight is 272 g/mol. The van der Waals surface area contributed by atoms with Crippen LogP contribution in [0.2, 0.25) is 0 Å². The molecular formula is C16H16O4. The highest BCUT2D eigenvalue weighted by molar-refractivity contribution is 5.45. The van der Waals surface area contributed by atoms with Crippen LogP contribution >= 0.6 is 0 Å². The van der Waals surface area contributed by atoms with E-state index in [0.717, 1.165) is 11.1 Å². The Labute approximate surface area is 117 Å². The summed E-state index contributed by atoms with van der Waals surface area (Å²) in [5.41, 5.74) is 1.85. The van der Waals surface area contributed by atoms with Crippen LogP contribution in [0.15, 0.2) is 48.5 Å². The van der Waals surface area contributed by atoms with E-state index in [1.54, 1.807) is 12.1 Å². The minimum absolute atomic E-state index is 0.236. The third kappa shape index (κ3) is 2.92. The van der Waals surface area contributed by atoms with Gasteiger partial charge in [0.1, 0.15) is 6.10 Å². The smallest absolute Gasteiger partial charge is 0.231 e. The third-order valence-corrected chi connectivity index (χ3v) is 3.17. The van der Waals surface area contributed by atoms with Gasteiger partial charge in [-0.25, -0.2) is 0 Å². The molecule has 0 radical (unpaired) electrons. The minimum Gasteiger partial charge on any atom is -0.454 e. The van der Waals surface area contributed by atoms with Crippen molar-refractivity contribution in [2.24, 2.45) is 0 Å². The van der Waals surface area contributed by atoms with Crippen molar-refractivity contribution in [2.75, 3.05) is 13.4 Å². The van der Waals surface area contributed by atoms with Crippen molar-refractivity contribution < 1.29 is 19.3 Å². The average Bonchev–Trinajstić information content (AvgIpc) is 2.95. The van der Waals surface area contributed by atoms with Gasteiger partial charge < -0.3 is 19.3 Å².